The van der Waals surface area contributed by atoms with Gasteiger partial charge in [-0.25, -0.2) is 4.79 Å². The van der Waals surface area contributed by atoms with E-state index in [-0.39, 0.29) is 0 Å². The molecule has 7 nitrogen and oxygen atoms in total. The maximum Gasteiger partial charge on any atom is 0.331 e. The Morgan fingerprint density at radius 3 is 2.06 bits per heavy atom. The first kappa shape index (κ1) is 15.8. The lowest BCUT2D eigenvalue weighted by Crippen LogP contribution is -2.58. The van der Waals surface area contributed by atoms with Gasteiger partial charge in [0.2, 0.25) is 5.91 Å². The average molecular weight is 249 g/mol. The molecule has 0 rings (SSSR count). The molecule has 0 aliphatic rings. The fraction of sp³-hybridized carbons (Fsp3) is 0.800. The summed E-state index contributed by atoms with van der Waals surface area (Å²) >= 11 is 0. The molecule has 1 amide bonds. The fourth-order valence-electron chi connectivity index (χ4n) is 1.01. The summed E-state index contributed by atoms with van der Waals surface area (Å²) in [6.07, 6.45) is -2.46. The molecule has 0 aliphatic carbocycles. The van der Waals surface area contributed by atoms with Gasteiger partial charge in [-0.15, -0.1) is 0 Å². The Labute approximate surface area is 99.1 Å². The molecule has 0 fully saturated rings. The molecule has 7 heteroatoms. The molecule has 17 heavy (non-hydrogen) atoms. The molecule has 0 aromatic rings. The maximum absolute atomic E-state index is 11.5. The largest absolute Gasteiger partial charge is 0.479 e. The van der Waals surface area contributed by atoms with Gasteiger partial charge in [0.15, 0.2) is 5.54 Å². The molecule has 0 unspecified atom stereocenters. The van der Waals surface area contributed by atoms with Crippen LogP contribution < -0.4 is 5.32 Å². The minimum atomic E-state index is -1.85. The smallest absolute Gasteiger partial charge is 0.331 e. The molecule has 0 heterocycles. The van der Waals surface area contributed by atoms with Gasteiger partial charge in [0.05, 0.1) is 12.7 Å². The second-order valence-corrected chi connectivity index (χ2v) is 4.33. The van der Waals surface area contributed by atoms with Crippen LogP contribution in [-0.4, -0.2) is 56.7 Å². The number of carboxylic acid groups (broad SMARTS) is 1. The number of carbonyl (C=O) groups excluding carboxylic acids is 1. The van der Waals surface area contributed by atoms with Gasteiger partial charge in [-0.2, -0.15) is 0 Å². The van der Waals surface area contributed by atoms with Gasteiger partial charge in [-0.05, 0) is 13.8 Å². The van der Waals surface area contributed by atoms with Gasteiger partial charge in [0.25, 0.3) is 0 Å². The number of aliphatic carboxylic acids is 1. The van der Waals surface area contributed by atoms with Gasteiger partial charge in [-0.3, -0.25) is 4.79 Å². The van der Waals surface area contributed by atoms with Gasteiger partial charge >= 0.3 is 5.97 Å². The van der Waals surface area contributed by atoms with Crippen LogP contribution in [0, 0.1) is 5.92 Å². The van der Waals surface area contributed by atoms with Crippen molar-refractivity contribution in [1.29, 1.82) is 0 Å². The molecule has 0 saturated heterocycles. The van der Waals surface area contributed by atoms with E-state index in [0.717, 1.165) is 6.92 Å². The molecule has 0 spiro atoms. The third-order valence-electron chi connectivity index (χ3n) is 2.71. The molecule has 0 aromatic heterocycles. The Bertz CT molecular complexity index is 293. The molecule has 0 aliphatic heterocycles. The first-order valence-corrected chi connectivity index (χ1v) is 5.18. The van der Waals surface area contributed by atoms with E-state index >= 15 is 0 Å². The predicted octanol–water partition coefficient (Wildman–Crippen LogP) is -1.68. The van der Waals surface area contributed by atoms with Crippen molar-refractivity contribution in [2.75, 3.05) is 6.61 Å². The lowest BCUT2D eigenvalue weighted by Gasteiger charge is -2.27. The van der Waals surface area contributed by atoms with Crippen molar-refractivity contribution in [2.45, 2.75) is 38.5 Å². The molecular formula is C10H19NO6. The van der Waals surface area contributed by atoms with E-state index in [0.29, 0.717) is 0 Å². The highest BCUT2D eigenvalue weighted by molar-refractivity contribution is 5.89. The number of nitrogens with one attached hydrogen (secondary N) is 1. The maximum atomic E-state index is 11.5. The lowest BCUT2D eigenvalue weighted by molar-refractivity contribution is -0.151. The number of rotatable bonds is 6. The number of carbonyl (C=O) groups is 2. The van der Waals surface area contributed by atoms with Crippen molar-refractivity contribution in [1.82, 2.24) is 5.32 Å². The van der Waals surface area contributed by atoms with Crippen molar-refractivity contribution < 1.29 is 30.0 Å². The van der Waals surface area contributed by atoms with Crippen LogP contribution in [0.4, 0.5) is 0 Å². The average Bonchev–Trinajstić information content (AvgIpc) is 2.26. The quantitative estimate of drug-likeness (QED) is 0.382. The Morgan fingerprint density at radius 2 is 1.76 bits per heavy atom. The topological polar surface area (TPSA) is 127 Å². The van der Waals surface area contributed by atoms with Crippen LogP contribution in [0.1, 0.15) is 20.8 Å². The van der Waals surface area contributed by atoms with Crippen LogP contribution in [0.5, 0.6) is 0 Å². The lowest BCUT2D eigenvalue weighted by atomic mass is 9.96. The molecular weight excluding hydrogens is 230 g/mol. The van der Waals surface area contributed by atoms with Crippen molar-refractivity contribution in [3.05, 3.63) is 0 Å². The van der Waals surface area contributed by atoms with Crippen LogP contribution in [-0.2, 0) is 9.59 Å². The van der Waals surface area contributed by atoms with Crippen LogP contribution in [0.3, 0.4) is 0 Å². The summed E-state index contributed by atoms with van der Waals surface area (Å²) in [4.78, 5) is 22.3. The van der Waals surface area contributed by atoms with Gasteiger partial charge in [-0.1, -0.05) is 6.92 Å². The normalized spacial score (nSPS) is 19.9. The van der Waals surface area contributed by atoms with Crippen LogP contribution >= 0.6 is 0 Å². The highest BCUT2D eigenvalue weighted by Gasteiger charge is 2.37. The molecule has 5 N–H and O–H groups in total. The third kappa shape index (κ3) is 3.95. The SMILES string of the molecule is C[C@H]([C@@H](C)O)[C@@H](O)C(=O)N[C@](C)(CO)C(=O)O. The number of hydrogen-bond acceptors (Lipinski definition) is 5. The zero-order chi connectivity index (χ0) is 13.8. The van der Waals surface area contributed by atoms with E-state index in [1.54, 1.807) is 0 Å². The third-order valence-corrected chi connectivity index (χ3v) is 2.71. The van der Waals surface area contributed by atoms with Gasteiger partial charge in [0, 0.05) is 5.92 Å². The predicted molar refractivity (Wildman–Crippen MR) is 58.1 cm³/mol. The van der Waals surface area contributed by atoms with Crippen LogP contribution in [0.15, 0.2) is 0 Å². The summed E-state index contributed by atoms with van der Waals surface area (Å²) in [5.41, 5.74) is -1.85. The summed E-state index contributed by atoms with van der Waals surface area (Å²) in [7, 11) is 0. The molecule has 4 atom stereocenters. The Morgan fingerprint density at radius 1 is 1.29 bits per heavy atom. The number of carboxylic acids is 1. The summed E-state index contributed by atoms with van der Waals surface area (Å²) in [5.74, 6) is -3.10. The van der Waals surface area contributed by atoms with Crippen LogP contribution in [0.2, 0.25) is 0 Å². The van der Waals surface area contributed by atoms with Crippen molar-refractivity contribution >= 4 is 11.9 Å². The molecule has 0 aromatic carbocycles. The van der Waals surface area contributed by atoms with E-state index in [1.807, 2.05) is 5.32 Å². The van der Waals surface area contributed by atoms with E-state index in [1.165, 1.54) is 13.8 Å². The zero-order valence-electron chi connectivity index (χ0n) is 10.0. The monoisotopic (exact) mass is 249 g/mol. The van der Waals surface area contributed by atoms with Gasteiger partial charge < -0.3 is 25.7 Å². The van der Waals surface area contributed by atoms with E-state index in [2.05, 4.69) is 0 Å². The molecule has 0 saturated carbocycles. The number of hydrogen-bond donors (Lipinski definition) is 5. The summed E-state index contributed by atoms with van der Waals surface area (Å²) < 4.78 is 0. The van der Waals surface area contributed by atoms with Crippen LogP contribution in [0.25, 0.3) is 0 Å². The van der Waals surface area contributed by atoms with E-state index in [9.17, 15) is 19.8 Å². The minimum Gasteiger partial charge on any atom is -0.479 e. The summed E-state index contributed by atoms with van der Waals surface area (Å²) in [6, 6.07) is 0. The molecule has 100 valence electrons. The summed E-state index contributed by atoms with van der Waals surface area (Å²) in [5, 5.41) is 38.5. The van der Waals surface area contributed by atoms with Crippen molar-refractivity contribution in [3.8, 4) is 0 Å². The van der Waals surface area contributed by atoms with Crippen molar-refractivity contribution in [3.63, 3.8) is 0 Å². The number of aliphatic hydroxyl groups is 3. The standard InChI is InChI=1S/C10H19NO6/c1-5(6(2)13)7(14)8(15)11-10(3,4-12)9(16)17/h5-7,12-14H,4H2,1-3H3,(H,11,15)(H,16,17)/t5-,6-,7-,10-/m1/s1. The molecule has 0 bridgehead atoms. The Hall–Kier alpha value is -1.18. The minimum absolute atomic E-state index is 0.744. The Kier molecular flexibility index (Phi) is 5.53. The van der Waals surface area contributed by atoms with Gasteiger partial charge in [0.1, 0.15) is 6.10 Å². The molecule has 0 radical (unpaired) electrons. The second-order valence-electron chi connectivity index (χ2n) is 4.33. The van der Waals surface area contributed by atoms with E-state index < -0.39 is 42.1 Å². The fourth-order valence-corrected chi connectivity index (χ4v) is 1.01. The Balaban J connectivity index is 4.69. The highest BCUT2D eigenvalue weighted by Crippen LogP contribution is 2.11. The number of amides is 1. The first-order chi connectivity index (χ1) is 7.65. The first-order valence-electron chi connectivity index (χ1n) is 5.18. The zero-order valence-corrected chi connectivity index (χ0v) is 10.0. The van der Waals surface area contributed by atoms with E-state index in [4.69, 9.17) is 10.2 Å². The highest BCUT2D eigenvalue weighted by atomic mass is 16.4. The van der Waals surface area contributed by atoms with Crippen molar-refractivity contribution in [2.24, 2.45) is 5.92 Å². The summed E-state index contributed by atoms with van der Waals surface area (Å²) in [6.45, 7) is 3.17. The number of aliphatic hydroxyl groups excluding tert-OH is 3. The second kappa shape index (κ2) is 5.95.